The lowest BCUT2D eigenvalue weighted by molar-refractivity contribution is -0.121. The first kappa shape index (κ1) is 24.6. The molecule has 0 unspecified atom stereocenters. The van der Waals surface area contributed by atoms with E-state index >= 15 is 0 Å². The first-order valence-corrected chi connectivity index (χ1v) is 13.5. The summed E-state index contributed by atoms with van der Waals surface area (Å²) in [5.74, 6) is 1.74. The molecule has 190 valence electrons. The molecule has 0 saturated heterocycles. The van der Waals surface area contributed by atoms with Gasteiger partial charge in [-0.15, -0.1) is 0 Å². The molecule has 1 fully saturated rings. The van der Waals surface area contributed by atoms with Gasteiger partial charge >= 0.3 is 0 Å². The predicted molar refractivity (Wildman–Crippen MR) is 148 cm³/mol. The molecule has 5 rings (SSSR count). The number of hydrogen-bond donors (Lipinski definition) is 2. The molecule has 3 aromatic rings. The molecule has 0 bridgehead atoms. The number of aromatic nitrogens is 1. The van der Waals surface area contributed by atoms with E-state index in [4.69, 9.17) is 9.72 Å². The topological polar surface area (TPSA) is 63.2 Å². The number of methoxy groups -OCH3 is 1. The summed E-state index contributed by atoms with van der Waals surface area (Å²) < 4.78 is 5.61. The van der Waals surface area contributed by atoms with Crippen LogP contribution < -0.4 is 15.4 Å². The number of anilines is 3. The summed E-state index contributed by atoms with van der Waals surface area (Å²) in [5.41, 5.74) is 6.59. The number of carbonyl (C=O) groups excluding carboxylic acids is 1. The summed E-state index contributed by atoms with van der Waals surface area (Å²) in [6.45, 7) is 6.95. The van der Waals surface area contributed by atoms with E-state index in [0.717, 1.165) is 78.7 Å². The minimum absolute atomic E-state index is 0.0899. The first-order chi connectivity index (χ1) is 17.3. The van der Waals surface area contributed by atoms with E-state index in [1.165, 1.54) is 17.7 Å². The first-order valence-electron chi connectivity index (χ1n) is 13.5. The molecule has 1 amide bonds. The SMILES string of the molecule is COc1ccccc1Nc1c2c(nc3ccc(NC(=O)C4CCC(C(C)(C)C)CC4)cc13)CCCC2. The third kappa shape index (κ3) is 5.07. The van der Waals surface area contributed by atoms with Gasteiger partial charge in [-0.25, -0.2) is 0 Å². The Morgan fingerprint density at radius 3 is 2.50 bits per heavy atom. The minimum Gasteiger partial charge on any atom is -0.495 e. The van der Waals surface area contributed by atoms with Crippen LogP contribution in [-0.4, -0.2) is 18.0 Å². The highest BCUT2D eigenvalue weighted by Gasteiger charge is 2.32. The number of carbonyl (C=O) groups is 1. The maximum absolute atomic E-state index is 13.2. The Balaban J connectivity index is 1.44. The van der Waals surface area contributed by atoms with Crippen LogP contribution >= 0.6 is 0 Å². The van der Waals surface area contributed by atoms with E-state index < -0.39 is 0 Å². The predicted octanol–water partition coefficient (Wildman–Crippen LogP) is 7.66. The van der Waals surface area contributed by atoms with E-state index in [1.807, 2.05) is 36.4 Å². The van der Waals surface area contributed by atoms with Crippen molar-refractivity contribution in [1.82, 2.24) is 4.98 Å². The van der Waals surface area contributed by atoms with Crippen LogP contribution in [0.25, 0.3) is 10.9 Å². The number of amides is 1. The van der Waals surface area contributed by atoms with Gasteiger partial charge in [-0.2, -0.15) is 0 Å². The van der Waals surface area contributed by atoms with Gasteiger partial charge in [-0.05, 0) is 98.6 Å². The number of benzene rings is 2. The molecule has 2 aliphatic carbocycles. The molecule has 0 radical (unpaired) electrons. The number of nitrogens with zero attached hydrogens (tertiary/aromatic N) is 1. The molecule has 0 atom stereocenters. The normalized spacial score (nSPS) is 20.0. The fraction of sp³-hybridized carbons (Fsp3) is 0.484. The monoisotopic (exact) mass is 485 g/mol. The van der Waals surface area contributed by atoms with Gasteiger partial charge in [-0.3, -0.25) is 9.78 Å². The van der Waals surface area contributed by atoms with Crippen LogP contribution in [0.2, 0.25) is 0 Å². The molecular formula is C31H39N3O2. The number of para-hydroxylation sites is 2. The van der Waals surface area contributed by atoms with Gasteiger partial charge < -0.3 is 15.4 Å². The summed E-state index contributed by atoms with van der Waals surface area (Å²) in [4.78, 5) is 18.2. The summed E-state index contributed by atoms with van der Waals surface area (Å²) in [6, 6.07) is 14.1. The molecule has 2 N–H and O–H groups in total. The zero-order chi connectivity index (χ0) is 25.3. The smallest absolute Gasteiger partial charge is 0.227 e. The second-order valence-corrected chi connectivity index (χ2v) is 11.6. The molecule has 1 saturated carbocycles. The van der Waals surface area contributed by atoms with Crippen LogP contribution in [0, 0.1) is 17.3 Å². The summed E-state index contributed by atoms with van der Waals surface area (Å²) in [6.07, 6.45) is 8.53. The van der Waals surface area contributed by atoms with Crippen molar-refractivity contribution in [3.8, 4) is 5.75 Å². The Morgan fingerprint density at radius 1 is 1.00 bits per heavy atom. The summed E-state index contributed by atoms with van der Waals surface area (Å²) >= 11 is 0. The number of nitrogens with one attached hydrogen (secondary N) is 2. The molecule has 0 spiro atoms. The molecule has 0 aliphatic heterocycles. The second kappa shape index (κ2) is 10.1. The Morgan fingerprint density at radius 2 is 1.75 bits per heavy atom. The number of pyridine rings is 1. The Hall–Kier alpha value is -3.08. The molecule has 2 aromatic carbocycles. The standard InChI is InChI=1S/C31H39N3O2/c1-31(2,3)21-15-13-20(14-16-21)30(35)32-22-17-18-26-24(19-22)29(23-9-5-6-10-25(23)33-26)34-27-11-7-8-12-28(27)36-4/h7-8,11-12,17-21H,5-6,9-10,13-16H2,1-4H3,(H,32,35)(H,33,34). The lowest BCUT2D eigenvalue weighted by Gasteiger charge is -2.36. The molecular weight excluding hydrogens is 446 g/mol. The molecule has 5 heteroatoms. The lowest BCUT2D eigenvalue weighted by atomic mass is 9.69. The van der Waals surface area contributed by atoms with Crippen molar-refractivity contribution in [3.05, 3.63) is 53.7 Å². The van der Waals surface area contributed by atoms with Gasteiger partial charge in [0.1, 0.15) is 5.75 Å². The minimum atomic E-state index is 0.0899. The molecule has 36 heavy (non-hydrogen) atoms. The van der Waals surface area contributed by atoms with Crippen LogP contribution in [0.3, 0.4) is 0 Å². The van der Waals surface area contributed by atoms with Crippen LogP contribution in [0.5, 0.6) is 5.75 Å². The Labute approximate surface area is 215 Å². The molecule has 2 aliphatic rings. The average Bonchev–Trinajstić information content (AvgIpc) is 2.88. The molecule has 1 heterocycles. The fourth-order valence-corrected chi connectivity index (χ4v) is 5.99. The molecule has 5 nitrogen and oxygen atoms in total. The second-order valence-electron chi connectivity index (χ2n) is 11.6. The summed E-state index contributed by atoms with van der Waals surface area (Å²) in [5, 5.41) is 7.95. The van der Waals surface area contributed by atoms with Crippen molar-refractivity contribution in [1.29, 1.82) is 0 Å². The van der Waals surface area contributed by atoms with E-state index in [-0.39, 0.29) is 11.8 Å². The highest BCUT2D eigenvalue weighted by Crippen LogP contribution is 2.41. The number of ether oxygens (including phenoxy) is 1. The van der Waals surface area contributed by atoms with E-state index in [9.17, 15) is 4.79 Å². The van der Waals surface area contributed by atoms with Gasteiger partial charge in [0.15, 0.2) is 0 Å². The largest absolute Gasteiger partial charge is 0.495 e. The van der Waals surface area contributed by atoms with Crippen molar-refractivity contribution in [2.45, 2.75) is 72.1 Å². The van der Waals surface area contributed by atoms with E-state index in [2.05, 4.69) is 37.5 Å². The number of rotatable bonds is 5. The third-order valence-electron chi connectivity index (χ3n) is 8.22. The van der Waals surface area contributed by atoms with Crippen LogP contribution in [-0.2, 0) is 17.6 Å². The zero-order valence-corrected chi connectivity index (χ0v) is 22.1. The van der Waals surface area contributed by atoms with E-state index in [0.29, 0.717) is 11.3 Å². The third-order valence-corrected chi connectivity index (χ3v) is 8.22. The van der Waals surface area contributed by atoms with Crippen molar-refractivity contribution in [2.75, 3.05) is 17.7 Å². The van der Waals surface area contributed by atoms with Crippen LogP contribution in [0.15, 0.2) is 42.5 Å². The number of fused-ring (bicyclic) bond motifs is 2. The van der Waals surface area contributed by atoms with Gasteiger partial charge in [0.2, 0.25) is 5.91 Å². The van der Waals surface area contributed by atoms with Crippen molar-refractivity contribution in [2.24, 2.45) is 17.3 Å². The quantitative estimate of drug-likeness (QED) is 0.389. The zero-order valence-electron chi connectivity index (χ0n) is 22.1. The van der Waals surface area contributed by atoms with Gasteiger partial charge in [0, 0.05) is 22.7 Å². The number of hydrogen-bond acceptors (Lipinski definition) is 4. The van der Waals surface area contributed by atoms with Gasteiger partial charge in [0.05, 0.1) is 24.0 Å². The Kier molecular flexibility index (Phi) is 6.92. The fourth-order valence-electron chi connectivity index (χ4n) is 5.99. The maximum atomic E-state index is 13.2. The van der Waals surface area contributed by atoms with Gasteiger partial charge in [-0.1, -0.05) is 32.9 Å². The molecule has 1 aromatic heterocycles. The van der Waals surface area contributed by atoms with Crippen molar-refractivity contribution >= 4 is 33.9 Å². The number of aryl methyl sites for hydroxylation is 1. The van der Waals surface area contributed by atoms with Crippen molar-refractivity contribution in [3.63, 3.8) is 0 Å². The van der Waals surface area contributed by atoms with E-state index in [1.54, 1.807) is 7.11 Å². The van der Waals surface area contributed by atoms with Gasteiger partial charge in [0.25, 0.3) is 0 Å². The summed E-state index contributed by atoms with van der Waals surface area (Å²) in [7, 11) is 1.70. The Bertz CT molecular complexity index is 1250. The highest BCUT2D eigenvalue weighted by molar-refractivity contribution is 6.00. The maximum Gasteiger partial charge on any atom is 0.227 e. The van der Waals surface area contributed by atoms with Crippen LogP contribution in [0.1, 0.15) is 70.6 Å². The average molecular weight is 486 g/mol. The highest BCUT2D eigenvalue weighted by atomic mass is 16.5. The lowest BCUT2D eigenvalue weighted by Crippen LogP contribution is -2.31. The van der Waals surface area contributed by atoms with Crippen LogP contribution in [0.4, 0.5) is 17.1 Å². The van der Waals surface area contributed by atoms with Crippen molar-refractivity contribution < 1.29 is 9.53 Å².